The Kier molecular flexibility index (Phi) is 3.39. The number of fused-ring (bicyclic) bond motifs is 1. The molecule has 148 valence electrons. The Morgan fingerprint density at radius 3 is 2.32 bits per heavy atom. The van der Waals surface area contributed by atoms with Crippen LogP contribution in [0.25, 0.3) is 10.8 Å². The molecule has 28 heavy (non-hydrogen) atoms. The maximum absolute atomic E-state index is 11.2. The topological polar surface area (TPSA) is 46.9 Å². The third-order valence-corrected chi connectivity index (χ3v) is 8.15. The lowest BCUT2D eigenvalue weighted by Gasteiger charge is -2.69. The summed E-state index contributed by atoms with van der Waals surface area (Å²) in [5.41, 5.74) is 0.402. The fourth-order valence-corrected chi connectivity index (χ4v) is 7.29. The summed E-state index contributed by atoms with van der Waals surface area (Å²) in [6, 6.07) is 15.3. The standard InChI is InChI=1S/C24H30N2O2/c1-23(2)22(27)25(21-17-10-15-11-18(21)14-24(28,12-15)13-17)26(23)20-9-5-7-16-6-3-4-8-19(16)20/h3-9,15,17-18,21-22,27-28H,10-14H2,1-2H3/t15?,17?,18?,21?,22-,24?/m1/s1. The SMILES string of the molecule is CC1(C)[C@@H](O)N(C2C3CC4CC2CC(O)(C4)C3)N1c1cccc2ccccc12. The van der Waals surface area contributed by atoms with Crippen molar-refractivity contribution in [3.05, 3.63) is 42.5 Å². The van der Waals surface area contributed by atoms with Gasteiger partial charge in [0.1, 0.15) is 6.23 Å². The first-order chi connectivity index (χ1) is 13.4. The third kappa shape index (κ3) is 2.17. The fourth-order valence-electron chi connectivity index (χ4n) is 7.29. The van der Waals surface area contributed by atoms with Crippen molar-refractivity contribution < 1.29 is 10.2 Å². The van der Waals surface area contributed by atoms with Crippen molar-refractivity contribution in [2.24, 2.45) is 17.8 Å². The van der Waals surface area contributed by atoms with E-state index in [-0.39, 0.29) is 5.54 Å². The van der Waals surface area contributed by atoms with Crippen LogP contribution in [0, 0.1) is 17.8 Å². The highest BCUT2D eigenvalue weighted by atomic mass is 16.3. The number of benzene rings is 2. The average molecular weight is 379 g/mol. The molecule has 4 heteroatoms. The Hall–Kier alpha value is -1.62. The first-order valence-electron chi connectivity index (χ1n) is 10.8. The van der Waals surface area contributed by atoms with Crippen molar-refractivity contribution in [2.75, 3.05) is 5.01 Å². The minimum absolute atomic E-state index is 0.332. The summed E-state index contributed by atoms with van der Waals surface area (Å²) in [6.07, 6.45) is 4.72. The number of aliphatic hydroxyl groups is 2. The van der Waals surface area contributed by atoms with Crippen molar-refractivity contribution in [1.82, 2.24) is 5.01 Å². The van der Waals surface area contributed by atoms with E-state index < -0.39 is 11.8 Å². The Morgan fingerprint density at radius 1 is 0.929 bits per heavy atom. The first kappa shape index (κ1) is 17.3. The molecule has 7 rings (SSSR count). The smallest absolute Gasteiger partial charge is 0.148 e. The van der Waals surface area contributed by atoms with E-state index in [0.717, 1.165) is 19.3 Å². The summed E-state index contributed by atoms with van der Waals surface area (Å²) in [4.78, 5) is 0. The molecule has 0 aromatic heterocycles. The predicted molar refractivity (Wildman–Crippen MR) is 111 cm³/mol. The molecular formula is C24H30N2O2. The van der Waals surface area contributed by atoms with Crippen LogP contribution in [0.3, 0.4) is 0 Å². The number of hydrogen-bond acceptors (Lipinski definition) is 4. The van der Waals surface area contributed by atoms with Crippen molar-refractivity contribution >= 4 is 16.5 Å². The summed E-state index contributed by atoms with van der Waals surface area (Å²) >= 11 is 0. The van der Waals surface area contributed by atoms with Crippen LogP contribution in [0.2, 0.25) is 0 Å². The highest BCUT2D eigenvalue weighted by Gasteiger charge is 2.63. The largest absolute Gasteiger partial charge is 0.390 e. The van der Waals surface area contributed by atoms with E-state index in [2.05, 4.69) is 66.3 Å². The van der Waals surface area contributed by atoms with Gasteiger partial charge in [-0.1, -0.05) is 36.4 Å². The van der Waals surface area contributed by atoms with Gasteiger partial charge in [0.2, 0.25) is 0 Å². The highest BCUT2D eigenvalue weighted by Crippen LogP contribution is 2.59. The molecule has 5 fully saturated rings. The lowest BCUT2D eigenvalue weighted by Crippen LogP contribution is -2.82. The Balaban J connectivity index is 1.43. The predicted octanol–water partition coefficient (Wildman–Crippen LogP) is 3.91. The summed E-state index contributed by atoms with van der Waals surface area (Å²) in [7, 11) is 0. The Bertz CT molecular complexity index is 920. The molecule has 1 heterocycles. The van der Waals surface area contributed by atoms with Crippen LogP contribution in [0.5, 0.6) is 0 Å². The zero-order chi connectivity index (χ0) is 19.3. The molecule has 0 radical (unpaired) electrons. The Labute approximate surface area is 166 Å². The van der Waals surface area contributed by atoms with Gasteiger partial charge in [0, 0.05) is 11.4 Å². The molecule has 1 saturated heterocycles. The van der Waals surface area contributed by atoms with Gasteiger partial charge in [-0.2, -0.15) is 5.01 Å². The molecule has 1 aliphatic heterocycles. The van der Waals surface area contributed by atoms with Crippen LogP contribution in [-0.2, 0) is 0 Å². The quantitative estimate of drug-likeness (QED) is 0.832. The number of anilines is 1. The molecule has 4 aliphatic carbocycles. The maximum Gasteiger partial charge on any atom is 0.148 e. The number of hydrogen-bond donors (Lipinski definition) is 2. The zero-order valence-electron chi connectivity index (χ0n) is 16.8. The van der Waals surface area contributed by atoms with E-state index in [1.165, 1.54) is 29.3 Å². The second-order valence-corrected chi connectivity index (χ2v) is 10.4. The van der Waals surface area contributed by atoms with E-state index in [9.17, 15) is 10.2 Å². The highest BCUT2D eigenvalue weighted by molar-refractivity contribution is 5.94. The molecule has 4 saturated carbocycles. The van der Waals surface area contributed by atoms with Crippen LogP contribution in [0.1, 0.15) is 46.0 Å². The van der Waals surface area contributed by atoms with Crippen LogP contribution in [-0.4, -0.2) is 38.6 Å². The van der Waals surface area contributed by atoms with Gasteiger partial charge in [-0.15, -0.1) is 0 Å². The van der Waals surface area contributed by atoms with Crippen molar-refractivity contribution in [1.29, 1.82) is 0 Å². The zero-order valence-corrected chi connectivity index (χ0v) is 16.8. The second kappa shape index (κ2) is 5.50. The van der Waals surface area contributed by atoms with Crippen LogP contribution >= 0.6 is 0 Å². The monoisotopic (exact) mass is 378 g/mol. The van der Waals surface area contributed by atoms with E-state index in [1.54, 1.807) is 0 Å². The molecule has 2 N–H and O–H groups in total. The van der Waals surface area contributed by atoms with Gasteiger partial charge >= 0.3 is 0 Å². The minimum Gasteiger partial charge on any atom is -0.390 e. The van der Waals surface area contributed by atoms with Crippen LogP contribution in [0.4, 0.5) is 5.69 Å². The summed E-state index contributed by atoms with van der Waals surface area (Å²) in [5.74, 6) is 1.65. The number of hydrazine groups is 1. The van der Waals surface area contributed by atoms with Crippen molar-refractivity contribution in [3.63, 3.8) is 0 Å². The van der Waals surface area contributed by atoms with E-state index in [0.29, 0.717) is 23.8 Å². The van der Waals surface area contributed by atoms with Gasteiger partial charge in [0.05, 0.1) is 16.8 Å². The fraction of sp³-hybridized carbons (Fsp3) is 0.583. The third-order valence-electron chi connectivity index (χ3n) is 8.15. The van der Waals surface area contributed by atoms with E-state index in [4.69, 9.17) is 0 Å². The molecule has 0 spiro atoms. The molecule has 3 atom stereocenters. The first-order valence-corrected chi connectivity index (χ1v) is 10.8. The molecule has 4 nitrogen and oxygen atoms in total. The summed E-state index contributed by atoms with van der Waals surface area (Å²) in [6.45, 7) is 4.28. The van der Waals surface area contributed by atoms with Gasteiger partial charge in [-0.3, -0.25) is 5.01 Å². The second-order valence-electron chi connectivity index (χ2n) is 10.4. The van der Waals surface area contributed by atoms with Gasteiger partial charge < -0.3 is 10.2 Å². The van der Waals surface area contributed by atoms with E-state index >= 15 is 0 Å². The number of rotatable bonds is 2. The maximum atomic E-state index is 11.2. The average Bonchev–Trinajstić information content (AvgIpc) is 2.65. The minimum atomic E-state index is -0.483. The summed E-state index contributed by atoms with van der Waals surface area (Å²) in [5, 5.41) is 29.3. The lowest BCUT2D eigenvalue weighted by molar-refractivity contribution is -0.235. The van der Waals surface area contributed by atoms with Crippen molar-refractivity contribution in [3.8, 4) is 0 Å². The molecule has 2 aromatic rings. The molecule has 2 aromatic carbocycles. The van der Waals surface area contributed by atoms with Gasteiger partial charge in [0.25, 0.3) is 0 Å². The number of aliphatic hydroxyl groups excluding tert-OH is 1. The van der Waals surface area contributed by atoms with E-state index in [1.807, 2.05) is 0 Å². The van der Waals surface area contributed by atoms with Crippen LogP contribution in [0.15, 0.2) is 42.5 Å². The lowest BCUT2D eigenvalue weighted by atomic mass is 9.52. The number of nitrogens with zero attached hydrogens (tertiary/aromatic N) is 2. The van der Waals surface area contributed by atoms with Gasteiger partial charge in [-0.05, 0) is 75.2 Å². The Morgan fingerprint density at radius 2 is 1.61 bits per heavy atom. The molecule has 5 aliphatic rings. The van der Waals surface area contributed by atoms with Crippen LogP contribution < -0.4 is 5.01 Å². The molecule has 2 unspecified atom stereocenters. The molecule has 0 amide bonds. The van der Waals surface area contributed by atoms with Gasteiger partial charge in [-0.25, -0.2) is 0 Å². The van der Waals surface area contributed by atoms with Crippen molar-refractivity contribution in [2.45, 2.75) is 69.4 Å². The molecule has 4 bridgehead atoms. The normalized spacial score (nSPS) is 41.4. The summed E-state index contributed by atoms with van der Waals surface area (Å²) < 4.78 is 0. The molecular weight excluding hydrogens is 348 g/mol. The van der Waals surface area contributed by atoms with Gasteiger partial charge in [0.15, 0.2) is 0 Å².